The molecular weight excluding hydrogens is 337 g/mol. The van der Waals surface area contributed by atoms with Crippen LogP contribution in [0.15, 0.2) is 54.9 Å². The van der Waals surface area contributed by atoms with Crippen LogP contribution in [0.4, 0.5) is 11.6 Å². The number of hydrogen-bond donors (Lipinski definition) is 1. The monoisotopic (exact) mass is 347 g/mol. The average Bonchev–Trinajstić information content (AvgIpc) is 2.42. The maximum atomic E-state index is 4.25. The van der Waals surface area contributed by atoms with Gasteiger partial charge in [0.05, 0.1) is 0 Å². The zero-order chi connectivity index (χ0) is 12.4. The van der Waals surface area contributed by atoms with Crippen LogP contribution >= 0.6 is 22.6 Å². The Kier molecular flexibility index (Phi) is 3.10. The molecule has 0 spiro atoms. The molecule has 0 aliphatic rings. The Morgan fingerprint density at radius 3 is 2.44 bits per heavy atom. The summed E-state index contributed by atoms with van der Waals surface area (Å²) in [4.78, 5) is 8.50. The smallest absolute Gasteiger partial charge is 0.227 e. The van der Waals surface area contributed by atoms with E-state index < -0.39 is 0 Å². The van der Waals surface area contributed by atoms with Crippen LogP contribution < -0.4 is 5.32 Å². The molecule has 0 bridgehead atoms. The van der Waals surface area contributed by atoms with Crippen LogP contribution in [-0.2, 0) is 0 Å². The van der Waals surface area contributed by atoms with Crippen molar-refractivity contribution in [1.82, 2.24) is 9.97 Å². The van der Waals surface area contributed by atoms with Crippen LogP contribution in [0, 0.1) is 3.57 Å². The summed E-state index contributed by atoms with van der Waals surface area (Å²) in [7, 11) is 0. The lowest BCUT2D eigenvalue weighted by atomic mass is 10.1. The lowest BCUT2D eigenvalue weighted by molar-refractivity contribution is 1.15. The second-order valence-corrected chi connectivity index (χ2v) is 5.12. The molecule has 0 aliphatic carbocycles. The molecule has 3 nitrogen and oxygen atoms in total. The molecule has 0 radical (unpaired) electrons. The van der Waals surface area contributed by atoms with Crippen LogP contribution in [0.1, 0.15) is 0 Å². The van der Waals surface area contributed by atoms with E-state index in [2.05, 4.69) is 56.1 Å². The fourth-order valence-electron chi connectivity index (χ4n) is 1.83. The van der Waals surface area contributed by atoms with E-state index in [-0.39, 0.29) is 0 Å². The van der Waals surface area contributed by atoms with Gasteiger partial charge < -0.3 is 5.32 Å². The Balaban J connectivity index is 2.02. The van der Waals surface area contributed by atoms with Gasteiger partial charge in [-0.05, 0) is 34.0 Å². The van der Waals surface area contributed by atoms with Gasteiger partial charge in [0.2, 0.25) is 5.95 Å². The largest absolute Gasteiger partial charge is 0.324 e. The van der Waals surface area contributed by atoms with E-state index in [4.69, 9.17) is 0 Å². The Morgan fingerprint density at radius 2 is 1.61 bits per heavy atom. The van der Waals surface area contributed by atoms with E-state index in [9.17, 15) is 0 Å². The number of aromatic nitrogens is 2. The number of hydrogen-bond acceptors (Lipinski definition) is 3. The summed E-state index contributed by atoms with van der Waals surface area (Å²) in [6.45, 7) is 0. The first kappa shape index (κ1) is 11.4. The van der Waals surface area contributed by atoms with Crippen molar-refractivity contribution in [2.24, 2.45) is 0 Å². The summed E-state index contributed by atoms with van der Waals surface area (Å²) in [6.07, 6.45) is 3.59. The lowest BCUT2D eigenvalue weighted by Gasteiger charge is -2.08. The van der Waals surface area contributed by atoms with Crippen molar-refractivity contribution >= 4 is 45.0 Å². The van der Waals surface area contributed by atoms with Crippen molar-refractivity contribution in [1.29, 1.82) is 0 Å². The normalized spacial score (nSPS) is 10.5. The molecule has 1 heterocycles. The number of benzene rings is 2. The zero-order valence-corrected chi connectivity index (χ0v) is 11.6. The minimum Gasteiger partial charge on any atom is -0.324 e. The quantitative estimate of drug-likeness (QED) is 0.713. The molecule has 88 valence electrons. The van der Waals surface area contributed by atoms with E-state index >= 15 is 0 Å². The minimum atomic E-state index is 0.617. The molecule has 1 N–H and O–H groups in total. The van der Waals surface area contributed by atoms with Crippen molar-refractivity contribution in [3.05, 3.63) is 58.4 Å². The highest BCUT2D eigenvalue weighted by Gasteiger charge is 2.02. The number of nitrogens with zero attached hydrogens (tertiary/aromatic N) is 2. The Labute approximate surface area is 118 Å². The van der Waals surface area contributed by atoms with Gasteiger partial charge in [0, 0.05) is 27.0 Å². The molecule has 2 aromatic carbocycles. The number of rotatable bonds is 2. The van der Waals surface area contributed by atoms with Crippen LogP contribution in [-0.4, -0.2) is 9.97 Å². The third kappa shape index (κ3) is 2.28. The fraction of sp³-hybridized carbons (Fsp3) is 0. The van der Waals surface area contributed by atoms with Gasteiger partial charge in [-0.25, -0.2) is 9.97 Å². The standard InChI is InChI=1S/C14H10IN3/c15-11-8-16-14(17-9-11)18-13-7-3-5-10-4-1-2-6-12(10)13/h1-9H,(H,16,17,18). The maximum absolute atomic E-state index is 4.25. The molecule has 3 rings (SSSR count). The Morgan fingerprint density at radius 1 is 0.889 bits per heavy atom. The highest BCUT2D eigenvalue weighted by Crippen LogP contribution is 2.24. The third-order valence-corrected chi connectivity index (χ3v) is 3.21. The van der Waals surface area contributed by atoms with Crippen LogP contribution in [0.3, 0.4) is 0 Å². The van der Waals surface area contributed by atoms with E-state index in [0.717, 1.165) is 9.26 Å². The van der Waals surface area contributed by atoms with Gasteiger partial charge in [-0.1, -0.05) is 36.4 Å². The SMILES string of the molecule is Ic1cnc(Nc2cccc3ccccc23)nc1. The second-order valence-electron chi connectivity index (χ2n) is 3.88. The summed E-state index contributed by atoms with van der Waals surface area (Å²) >= 11 is 2.19. The van der Waals surface area contributed by atoms with Crippen molar-refractivity contribution in [2.45, 2.75) is 0 Å². The van der Waals surface area contributed by atoms with Gasteiger partial charge >= 0.3 is 0 Å². The van der Waals surface area contributed by atoms with Crippen molar-refractivity contribution in [3.63, 3.8) is 0 Å². The predicted octanol–water partition coefficient (Wildman–Crippen LogP) is 3.98. The van der Waals surface area contributed by atoms with Crippen LogP contribution in [0.2, 0.25) is 0 Å². The van der Waals surface area contributed by atoms with E-state index in [1.807, 2.05) is 24.3 Å². The van der Waals surface area contributed by atoms with E-state index in [1.165, 1.54) is 10.8 Å². The van der Waals surface area contributed by atoms with Crippen LogP contribution in [0.25, 0.3) is 10.8 Å². The van der Waals surface area contributed by atoms with E-state index in [0.29, 0.717) is 5.95 Å². The summed E-state index contributed by atoms with van der Waals surface area (Å²) in [5.41, 5.74) is 1.02. The third-order valence-electron chi connectivity index (χ3n) is 2.66. The number of anilines is 2. The molecule has 1 aromatic heterocycles. The van der Waals surface area contributed by atoms with Crippen molar-refractivity contribution in [2.75, 3.05) is 5.32 Å². The first-order valence-electron chi connectivity index (χ1n) is 5.55. The summed E-state index contributed by atoms with van der Waals surface area (Å²) in [6, 6.07) is 14.4. The average molecular weight is 347 g/mol. The molecule has 0 aliphatic heterocycles. The summed E-state index contributed by atoms with van der Waals surface area (Å²) in [5, 5.41) is 5.62. The number of fused-ring (bicyclic) bond motifs is 1. The molecule has 0 atom stereocenters. The molecule has 4 heteroatoms. The Hall–Kier alpha value is -1.69. The molecule has 0 fully saturated rings. The number of halogens is 1. The molecular formula is C14H10IN3. The molecule has 0 saturated carbocycles. The first-order chi connectivity index (χ1) is 8.83. The minimum absolute atomic E-state index is 0.617. The lowest BCUT2D eigenvalue weighted by Crippen LogP contribution is -1.97. The van der Waals surface area contributed by atoms with Gasteiger partial charge in [-0.2, -0.15) is 0 Å². The molecule has 0 unspecified atom stereocenters. The topological polar surface area (TPSA) is 37.8 Å². The van der Waals surface area contributed by atoms with Gasteiger partial charge in [0.15, 0.2) is 0 Å². The summed E-state index contributed by atoms with van der Waals surface area (Å²) in [5.74, 6) is 0.617. The highest BCUT2D eigenvalue weighted by molar-refractivity contribution is 14.1. The van der Waals surface area contributed by atoms with Gasteiger partial charge in [0.1, 0.15) is 0 Å². The van der Waals surface area contributed by atoms with Crippen molar-refractivity contribution < 1.29 is 0 Å². The Bertz CT molecular complexity index is 675. The molecule has 0 amide bonds. The zero-order valence-electron chi connectivity index (χ0n) is 9.47. The van der Waals surface area contributed by atoms with Gasteiger partial charge in [0.25, 0.3) is 0 Å². The second kappa shape index (κ2) is 4.89. The van der Waals surface area contributed by atoms with Gasteiger partial charge in [-0.15, -0.1) is 0 Å². The molecule has 3 aromatic rings. The highest BCUT2D eigenvalue weighted by atomic mass is 127. The fourth-order valence-corrected chi connectivity index (χ4v) is 2.11. The van der Waals surface area contributed by atoms with Crippen molar-refractivity contribution in [3.8, 4) is 0 Å². The van der Waals surface area contributed by atoms with Gasteiger partial charge in [-0.3, -0.25) is 0 Å². The maximum Gasteiger partial charge on any atom is 0.227 e. The van der Waals surface area contributed by atoms with Crippen LogP contribution in [0.5, 0.6) is 0 Å². The molecule has 0 saturated heterocycles. The number of nitrogens with one attached hydrogen (secondary N) is 1. The first-order valence-corrected chi connectivity index (χ1v) is 6.63. The predicted molar refractivity (Wildman–Crippen MR) is 82.0 cm³/mol. The van der Waals surface area contributed by atoms with E-state index in [1.54, 1.807) is 12.4 Å². The summed E-state index contributed by atoms with van der Waals surface area (Å²) < 4.78 is 1.02. The molecule has 18 heavy (non-hydrogen) atoms.